The second-order valence-electron chi connectivity index (χ2n) is 3.81. The number of hydrogen-bond acceptors (Lipinski definition) is 3. The summed E-state index contributed by atoms with van der Waals surface area (Å²) in [4.78, 5) is 14.7. The number of hydrogen-bond donors (Lipinski definition) is 1. The van der Waals surface area contributed by atoms with E-state index < -0.39 is 5.97 Å². The van der Waals surface area contributed by atoms with Crippen molar-refractivity contribution < 1.29 is 14.6 Å². The number of pyridine rings is 1. The smallest absolute Gasteiger partial charge is 0.337 e. The van der Waals surface area contributed by atoms with Gasteiger partial charge in [0.15, 0.2) is 0 Å². The van der Waals surface area contributed by atoms with Crippen LogP contribution in [0.3, 0.4) is 0 Å². The second kappa shape index (κ2) is 5.70. The van der Waals surface area contributed by atoms with Gasteiger partial charge in [-0.2, -0.15) is 0 Å². The van der Waals surface area contributed by atoms with Gasteiger partial charge in [0.05, 0.1) is 12.2 Å². The van der Waals surface area contributed by atoms with Crippen LogP contribution in [-0.2, 0) is 0 Å². The summed E-state index contributed by atoms with van der Waals surface area (Å²) < 4.78 is 5.33. The first-order valence-corrected chi connectivity index (χ1v) is 5.40. The van der Waals surface area contributed by atoms with Crippen LogP contribution in [0.5, 0.6) is 5.88 Å². The fraction of sp³-hybridized carbons (Fsp3) is 0.455. The van der Waals surface area contributed by atoms with Gasteiger partial charge in [-0.05, 0) is 18.4 Å². The van der Waals surface area contributed by atoms with E-state index in [4.69, 9.17) is 21.4 Å². The Labute approximate surface area is 99.2 Å². The van der Waals surface area contributed by atoms with Crippen LogP contribution < -0.4 is 4.74 Å². The standard InChI is InChI=1S/C11H14ClNO3/c1-7(2)4-6-16-10-9(12)8(11(14)15)3-5-13-10/h3,5,7H,4,6H2,1-2H3,(H,14,15). The number of carboxylic acid groups (broad SMARTS) is 1. The lowest BCUT2D eigenvalue weighted by atomic mass is 10.1. The van der Waals surface area contributed by atoms with E-state index in [2.05, 4.69) is 18.8 Å². The number of halogens is 1. The zero-order valence-electron chi connectivity index (χ0n) is 9.24. The van der Waals surface area contributed by atoms with Crippen molar-refractivity contribution in [3.05, 3.63) is 22.8 Å². The van der Waals surface area contributed by atoms with E-state index in [0.717, 1.165) is 6.42 Å². The van der Waals surface area contributed by atoms with Crippen molar-refractivity contribution in [2.24, 2.45) is 5.92 Å². The molecule has 16 heavy (non-hydrogen) atoms. The van der Waals surface area contributed by atoms with Crippen LogP contribution in [0.1, 0.15) is 30.6 Å². The number of carbonyl (C=O) groups is 1. The molecule has 0 saturated carbocycles. The lowest BCUT2D eigenvalue weighted by Crippen LogP contribution is -2.05. The molecule has 5 heteroatoms. The Morgan fingerprint density at radius 2 is 2.31 bits per heavy atom. The number of rotatable bonds is 5. The van der Waals surface area contributed by atoms with Gasteiger partial charge in [-0.25, -0.2) is 9.78 Å². The third-order valence-electron chi connectivity index (χ3n) is 2.02. The Bertz CT molecular complexity index is 379. The zero-order chi connectivity index (χ0) is 12.1. The second-order valence-corrected chi connectivity index (χ2v) is 4.19. The quantitative estimate of drug-likeness (QED) is 0.864. The minimum Gasteiger partial charge on any atom is -0.478 e. The number of aromatic carboxylic acids is 1. The fourth-order valence-electron chi connectivity index (χ4n) is 1.08. The highest BCUT2D eigenvalue weighted by molar-refractivity contribution is 6.34. The Morgan fingerprint density at radius 1 is 1.62 bits per heavy atom. The Balaban J connectivity index is 2.73. The fourth-order valence-corrected chi connectivity index (χ4v) is 1.33. The summed E-state index contributed by atoms with van der Waals surface area (Å²) in [5.74, 6) is -0.384. The van der Waals surface area contributed by atoms with Gasteiger partial charge in [0, 0.05) is 6.20 Å². The molecular weight excluding hydrogens is 230 g/mol. The first-order chi connectivity index (χ1) is 7.52. The maximum atomic E-state index is 10.8. The van der Waals surface area contributed by atoms with E-state index in [0.29, 0.717) is 12.5 Å². The van der Waals surface area contributed by atoms with Crippen molar-refractivity contribution in [2.75, 3.05) is 6.61 Å². The lowest BCUT2D eigenvalue weighted by molar-refractivity contribution is 0.0696. The molecule has 0 spiro atoms. The highest BCUT2D eigenvalue weighted by atomic mass is 35.5. The van der Waals surface area contributed by atoms with Crippen molar-refractivity contribution in [1.29, 1.82) is 0 Å². The predicted octanol–water partition coefficient (Wildman–Crippen LogP) is 2.86. The molecule has 0 bridgehead atoms. The molecule has 0 aliphatic rings. The molecule has 0 atom stereocenters. The zero-order valence-corrected chi connectivity index (χ0v) is 9.99. The molecule has 1 heterocycles. The molecule has 4 nitrogen and oxygen atoms in total. The van der Waals surface area contributed by atoms with Gasteiger partial charge in [0.25, 0.3) is 0 Å². The maximum absolute atomic E-state index is 10.8. The van der Waals surface area contributed by atoms with Gasteiger partial charge in [0.1, 0.15) is 5.02 Å². The molecular formula is C11H14ClNO3. The molecule has 0 radical (unpaired) electrons. The monoisotopic (exact) mass is 243 g/mol. The summed E-state index contributed by atoms with van der Waals surface area (Å²) in [6.45, 7) is 4.63. The van der Waals surface area contributed by atoms with Crippen molar-refractivity contribution in [1.82, 2.24) is 4.98 Å². The van der Waals surface area contributed by atoms with E-state index >= 15 is 0 Å². The van der Waals surface area contributed by atoms with Crippen molar-refractivity contribution in [3.8, 4) is 5.88 Å². The van der Waals surface area contributed by atoms with E-state index in [1.807, 2.05) is 0 Å². The van der Waals surface area contributed by atoms with E-state index in [1.54, 1.807) is 0 Å². The lowest BCUT2D eigenvalue weighted by Gasteiger charge is -2.09. The number of nitrogens with zero attached hydrogens (tertiary/aromatic N) is 1. The van der Waals surface area contributed by atoms with Crippen LogP contribution in [-0.4, -0.2) is 22.7 Å². The molecule has 0 amide bonds. The van der Waals surface area contributed by atoms with Crippen LogP contribution in [0, 0.1) is 5.92 Å². The summed E-state index contributed by atoms with van der Waals surface area (Å²) in [5, 5.41) is 8.89. The van der Waals surface area contributed by atoms with Crippen LogP contribution in [0.2, 0.25) is 5.02 Å². The Morgan fingerprint density at radius 3 is 2.88 bits per heavy atom. The summed E-state index contributed by atoms with van der Waals surface area (Å²) in [6.07, 6.45) is 2.25. The van der Waals surface area contributed by atoms with Crippen LogP contribution in [0.25, 0.3) is 0 Å². The third-order valence-corrected chi connectivity index (χ3v) is 2.39. The minimum absolute atomic E-state index is 0.0104. The summed E-state index contributed by atoms with van der Waals surface area (Å²) >= 11 is 5.85. The molecule has 1 aromatic rings. The van der Waals surface area contributed by atoms with Gasteiger partial charge < -0.3 is 9.84 Å². The molecule has 0 unspecified atom stereocenters. The number of carboxylic acids is 1. The molecule has 0 aliphatic carbocycles. The predicted molar refractivity (Wildman–Crippen MR) is 61.2 cm³/mol. The number of aromatic nitrogens is 1. The molecule has 0 aliphatic heterocycles. The third kappa shape index (κ3) is 3.38. The first kappa shape index (κ1) is 12.8. The van der Waals surface area contributed by atoms with Gasteiger partial charge in [-0.15, -0.1) is 0 Å². The van der Waals surface area contributed by atoms with Crippen molar-refractivity contribution >= 4 is 17.6 Å². The topological polar surface area (TPSA) is 59.4 Å². The number of ether oxygens (including phenoxy) is 1. The maximum Gasteiger partial charge on any atom is 0.337 e. The molecule has 1 aromatic heterocycles. The summed E-state index contributed by atoms with van der Waals surface area (Å²) in [6, 6.07) is 1.35. The Hall–Kier alpha value is -1.29. The van der Waals surface area contributed by atoms with E-state index in [-0.39, 0.29) is 16.5 Å². The largest absolute Gasteiger partial charge is 0.478 e. The van der Waals surface area contributed by atoms with E-state index in [9.17, 15) is 4.79 Å². The van der Waals surface area contributed by atoms with Crippen LogP contribution >= 0.6 is 11.6 Å². The molecule has 1 rings (SSSR count). The van der Waals surface area contributed by atoms with E-state index in [1.165, 1.54) is 12.3 Å². The average Bonchev–Trinajstić information content (AvgIpc) is 2.19. The van der Waals surface area contributed by atoms with Crippen LogP contribution in [0.15, 0.2) is 12.3 Å². The molecule has 0 saturated heterocycles. The van der Waals surface area contributed by atoms with Crippen LogP contribution in [0.4, 0.5) is 0 Å². The minimum atomic E-state index is -1.08. The SMILES string of the molecule is CC(C)CCOc1nccc(C(=O)O)c1Cl. The summed E-state index contributed by atoms with van der Waals surface area (Å²) in [7, 11) is 0. The van der Waals surface area contributed by atoms with Gasteiger partial charge in [-0.1, -0.05) is 25.4 Å². The van der Waals surface area contributed by atoms with Gasteiger partial charge >= 0.3 is 5.97 Å². The van der Waals surface area contributed by atoms with Crippen molar-refractivity contribution in [2.45, 2.75) is 20.3 Å². The molecule has 0 aromatic carbocycles. The average molecular weight is 244 g/mol. The Kier molecular flexibility index (Phi) is 4.55. The van der Waals surface area contributed by atoms with Crippen molar-refractivity contribution in [3.63, 3.8) is 0 Å². The normalized spacial score (nSPS) is 10.5. The summed E-state index contributed by atoms with van der Waals surface area (Å²) in [5.41, 5.74) is 0.0104. The molecule has 1 N–H and O–H groups in total. The van der Waals surface area contributed by atoms with Gasteiger partial charge in [0.2, 0.25) is 5.88 Å². The highest BCUT2D eigenvalue weighted by Crippen LogP contribution is 2.25. The van der Waals surface area contributed by atoms with Gasteiger partial charge in [-0.3, -0.25) is 0 Å². The molecule has 88 valence electrons. The first-order valence-electron chi connectivity index (χ1n) is 5.03. The molecule has 0 fully saturated rings. The highest BCUT2D eigenvalue weighted by Gasteiger charge is 2.14.